The molecule has 0 unspecified atom stereocenters. The molecule has 1 aromatic rings. The van der Waals surface area contributed by atoms with Gasteiger partial charge in [-0.15, -0.1) is 0 Å². The van der Waals surface area contributed by atoms with E-state index in [-0.39, 0.29) is 0 Å². The van der Waals surface area contributed by atoms with Crippen LogP contribution in [0.15, 0.2) is 30.3 Å². The Morgan fingerprint density at radius 2 is 1.70 bits per heavy atom. The first kappa shape index (κ1) is 18.2. The van der Waals surface area contributed by atoms with Crippen LogP contribution in [0.4, 0.5) is 10.5 Å². The zero-order chi connectivity index (χ0) is 15.1. The van der Waals surface area contributed by atoms with Crippen molar-refractivity contribution < 1.29 is 14.7 Å². The molecule has 0 aliphatic carbocycles. The molecular weight excluding hydrogens is 256 g/mol. The number of carboxylic acid groups (broad SMARTS) is 1. The first-order valence-electron chi connectivity index (χ1n) is 7.08. The number of para-hydroxylation sites is 1. The fraction of sp³-hybridized carbons (Fsp3) is 0.533. The standard InChI is InChI=1S/C14H23NO.CH3NO2/c1-2-3-4-5-6-10-13-16-15-14-11-8-7-9-12-14;2-1(3)4/h7-9,11-12,15H,2-6,10,13H2,1H3;2H2,(H,3,4). The maximum atomic E-state index is 8.78. The molecule has 114 valence electrons. The van der Waals surface area contributed by atoms with Crippen LogP contribution in [-0.2, 0) is 4.84 Å². The Hall–Kier alpha value is -1.75. The maximum Gasteiger partial charge on any atom is 0.402 e. The lowest BCUT2D eigenvalue weighted by atomic mass is 10.1. The van der Waals surface area contributed by atoms with Crippen molar-refractivity contribution in [2.24, 2.45) is 5.73 Å². The molecule has 0 aliphatic heterocycles. The predicted molar refractivity (Wildman–Crippen MR) is 81.6 cm³/mol. The number of anilines is 1. The van der Waals surface area contributed by atoms with Crippen molar-refractivity contribution in [3.05, 3.63) is 30.3 Å². The summed E-state index contributed by atoms with van der Waals surface area (Å²) >= 11 is 0. The Bertz CT molecular complexity index is 327. The minimum atomic E-state index is -1.33. The minimum Gasteiger partial charge on any atom is -0.465 e. The first-order chi connectivity index (χ1) is 9.66. The van der Waals surface area contributed by atoms with Gasteiger partial charge in [-0.25, -0.2) is 4.79 Å². The van der Waals surface area contributed by atoms with E-state index in [1.807, 2.05) is 30.3 Å². The summed E-state index contributed by atoms with van der Waals surface area (Å²) in [6.07, 6.45) is 6.46. The van der Waals surface area contributed by atoms with Gasteiger partial charge < -0.3 is 10.8 Å². The second kappa shape index (κ2) is 13.7. The number of amides is 1. The molecule has 0 atom stereocenters. The molecule has 0 bridgehead atoms. The largest absolute Gasteiger partial charge is 0.465 e. The summed E-state index contributed by atoms with van der Waals surface area (Å²) in [5, 5.41) is 7.19. The van der Waals surface area contributed by atoms with E-state index in [2.05, 4.69) is 18.1 Å². The van der Waals surface area contributed by atoms with Gasteiger partial charge in [0, 0.05) is 0 Å². The van der Waals surface area contributed by atoms with E-state index in [0.717, 1.165) is 18.7 Å². The van der Waals surface area contributed by atoms with Gasteiger partial charge >= 0.3 is 6.09 Å². The van der Waals surface area contributed by atoms with E-state index in [9.17, 15) is 0 Å². The van der Waals surface area contributed by atoms with Crippen molar-refractivity contribution >= 4 is 11.8 Å². The van der Waals surface area contributed by atoms with Gasteiger partial charge in [0.25, 0.3) is 0 Å². The third-order valence-corrected chi connectivity index (χ3v) is 2.56. The zero-order valence-corrected chi connectivity index (χ0v) is 12.2. The number of unbranched alkanes of at least 4 members (excludes halogenated alkanes) is 5. The maximum absolute atomic E-state index is 8.78. The normalized spacial score (nSPS) is 9.45. The predicted octanol–water partition coefficient (Wildman–Crippen LogP) is 4.01. The molecule has 0 saturated heterocycles. The average Bonchev–Trinajstić information content (AvgIpc) is 2.42. The Labute approximate surface area is 121 Å². The molecule has 20 heavy (non-hydrogen) atoms. The molecule has 0 heterocycles. The molecule has 0 spiro atoms. The molecule has 0 aliphatic rings. The van der Waals surface area contributed by atoms with Crippen LogP contribution in [0.25, 0.3) is 0 Å². The highest BCUT2D eigenvalue weighted by Gasteiger charge is 1.91. The van der Waals surface area contributed by atoms with Gasteiger partial charge in [-0.1, -0.05) is 57.2 Å². The lowest BCUT2D eigenvalue weighted by Crippen LogP contribution is -2.03. The highest BCUT2D eigenvalue weighted by molar-refractivity contribution is 5.61. The molecule has 1 amide bonds. The first-order valence-corrected chi connectivity index (χ1v) is 7.08. The fourth-order valence-corrected chi connectivity index (χ4v) is 1.60. The van der Waals surface area contributed by atoms with Crippen molar-refractivity contribution in [2.75, 3.05) is 12.1 Å². The Morgan fingerprint density at radius 3 is 2.30 bits per heavy atom. The third kappa shape index (κ3) is 14.3. The third-order valence-electron chi connectivity index (χ3n) is 2.56. The van der Waals surface area contributed by atoms with E-state index < -0.39 is 6.09 Å². The molecule has 0 saturated carbocycles. The molecule has 0 aromatic heterocycles. The second-order valence-electron chi connectivity index (χ2n) is 4.42. The Balaban J connectivity index is 0.000000796. The van der Waals surface area contributed by atoms with Gasteiger partial charge in [0.15, 0.2) is 0 Å². The monoisotopic (exact) mass is 282 g/mol. The van der Waals surface area contributed by atoms with Gasteiger partial charge in [-0.2, -0.15) is 0 Å². The van der Waals surface area contributed by atoms with Crippen LogP contribution in [0, 0.1) is 0 Å². The molecule has 1 rings (SSSR count). The topological polar surface area (TPSA) is 84.6 Å². The summed E-state index contributed by atoms with van der Waals surface area (Å²) in [4.78, 5) is 14.2. The second-order valence-corrected chi connectivity index (χ2v) is 4.42. The lowest BCUT2D eigenvalue weighted by molar-refractivity contribution is 0.187. The molecule has 5 heteroatoms. The molecule has 5 nitrogen and oxygen atoms in total. The van der Waals surface area contributed by atoms with Crippen molar-refractivity contribution in [2.45, 2.75) is 45.4 Å². The van der Waals surface area contributed by atoms with E-state index in [1.54, 1.807) is 0 Å². The molecule has 1 aromatic carbocycles. The highest BCUT2D eigenvalue weighted by Crippen LogP contribution is 2.07. The van der Waals surface area contributed by atoms with Crippen LogP contribution in [0.3, 0.4) is 0 Å². The van der Waals surface area contributed by atoms with Crippen LogP contribution >= 0.6 is 0 Å². The average molecular weight is 282 g/mol. The Kier molecular flexibility index (Phi) is 12.5. The summed E-state index contributed by atoms with van der Waals surface area (Å²) in [5.41, 5.74) is 8.00. The van der Waals surface area contributed by atoms with Crippen molar-refractivity contribution in [3.63, 3.8) is 0 Å². The van der Waals surface area contributed by atoms with E-state index in [1.165, 1.54) is 32.1 Å². The van der Waals surface area contributed by atoms with Gasteiger partial charge in [0.2, 0.25) is 0 Å². The summed E-state index contributed by atoms with van der Waals surface area (Å²) in [6.45, 7) is 3.04. The molecule has 4 N–H and O–H groups in total. The van der Waals surface area contributed by atoms with Gasteiger partial charge in [-0.3, -0.25) is 10.3 Å². The van der Waals surface area contributed by atoms with Crippen LogP contribution in [0.5, 0.6) is 0 Å². The van der Waals surface area contributed by atoms with E-state index >= 15 is 0 Å². The van der Waals surface area contributed by atoms with Crippen LogP contribution in [0.2, 0.25) is 0 Å². The van der Waals surface area contributed by atoms with Crippen LogP contribution in [-0.4, -0.2) is 17.8 Å². The number of rotatable bonds is 9. The van der Waals surface area contributed by atoms with Gasteiger partial charge in [0.1, 0.15) is 0 Å². The van der Waals surface area contributed by atoms with Crippen molar-refractivity contribution in [1.82, 2.24) is 0 Å². The summed E-state index contributed by atoms with van der Waals surface area (Å²) in [5.74, 6) is 0. The van der Waals surface area contributed by atoms with Crippen molar-refractivity contribution in [1.29, 1.82) is 0 Å². The number of hydrogen-bond acceptors (Lipinski definition) is 3. The number of benzene rings is 1. The van der Waals surface area contributed by atoms with Crippen molar-refractivity contribution in [3.8, 4) is 0 Å². The number of nitrogens with two attached hydrogens (primary N) is 1. The summed E-state index contributed by atoms with van der Waals surface area (Å²) in [7, 11) is 0. The van der Waals surface area contributed by atoms with E-state index in [0.29, 0.717) is 0 Å². The fourth-order valence-electron chi connectivity index (χ4n) is 1.60. The van der Waals surface area contributed by atoms with E-state index in [4.69, 9.17) is 14.7 Å². The number of nitrogens with one attached hydrogen (secondary N) is 1. The SMILES string of the molecule is CCCCCCCCONc1ccccc1.NC(=O)O. The number of primary amides is 1. The van der Waals surface area contributed by atoms with Crippen LogP contribution < -0.4 is 11.2 Å². The molecule has 0 radical (unpaired) electrons. The Morgan fingerprint density at radius 1 is 1.15 bits per heavy atom. The number of hydrogen-bond donors (Lipinski definition) is 3. The number of carbonyl (C=O) groups is 1. The summed E-state index contributed by atoms with van der Waals surface area (Å²) in [6, 6.07) is 9.99. The zero-order valence-electron chi connectivity index (χ0n) is 12.2. The van der Waals surface area contributed by atoms with Crippen LogP contribution in [0.1, 0.15) is 45.4 Å². The van der Waals surface area contributed by atoms with Gasteiger partial charge in [-0.05, 0) is 18.6 Å². The minimum absolute atomic E-state index is 0.793. The lowest BCUT2D eigenvalue weighted by Gasteiger charge is -2.06. The molecule has 0 fully saturated rings. The summed E-state index contributed by atoms with van der Waals surface area (Å²) < 4.78 is 0. The van der Waals surface area contributed by atoms with Gasteiger partial charge in [0.05, 0.1) is 12.3 Å². The quantitative estimate of drug-likeness (QED) is 0.472. The highest BCUT2D eigenvalue weighted by atomic mass is 16.6. The smallest absolute Gasteiger partial charge is 0.402 e. The molecular formula is C15H26N2O3.